The van der Waals surface area contributed by atoms with Gasteiger partial charge in [0.05, 0.1) is 0 Å². The summed E-state index contributed by atoms with van der Waals surface area (Å²) in [6, 6.07) is 0. The Morgan fingerprint density at radius 1 is 1.00 bits per heavy atom. The lowest BCUT2D eigenvalue weighted by Crippen LogP contribution is -2.51. The zero-order valence-corrected chi connectivity index (χ0v) is 15.1. The van der Waals surface area contributed by atoms with Crippen molar-refractivity contribution in [3.63, 3.8) is 0 Å². The van der Waals surface area contributed by atoms with Crippen LogP contribution in [-0.2, 0) is 0 Å². The van der Waals surface area contributed by atoms with Gasteiger partial charge in [-0.05, 0) is 85.4 Å². The van der Waals surface area contributed by atoms with E-state index in [4.69, 9.17) is 0 Å². The van der Waals surface area contributed by atoms with Crippen LogP contribution in [0.5, 0.6) is 0 Å². The van der Waals surface area contributed by atoms with Crippen LogP contribution in [0.3, 0.4) is 0 Å². The van der Waals surface area contributed by atoms with Gasteiger partial charge >= 0.3 is 0 Å². The van der Waals surface area contributed by atoms with Crippen LogP contribution in [-0.4, -0.2) is 0 Å². The lowest BCUT2D eigenvalue weighted by molar-refractivity contribution is -0.0378. The van der Waals surface area contributed by atoms with E-state index in [1.165, 1.54) is 44.9 Å². The standard InChI is InChI=1S/C22H34/c1-14-8-10-22(5)17(12-14)13-15(2)20-18-7-6-16(3)21(18,4)11-9-19(20)22/h13-15,18-20H,3,6-12H2,1-2,4-5H3/t14-,15-,18?,19?,20?,21+,22-/m0/s1. The fourth-order valence-electron chi connectivity index (χ4n) is 7.11. The van der Waals surface area contributed by atoms with Crippen molar-refractivity contribution in [1.29, 1.82) is 0 Å². The largest absolute Gasteiger partial charge is 0.0993 e. The Balaban J connectivity index is 1.75. The third kappa shape index (κ3) is 1.82. The van der Waals surface area contributed by atoms with Gasteiger partial charge in [0.25, 0.3) is 0 Å². The molecule has 0 aromatic rings. The molecule has 0 amide bonds. The fourth-order valence-corrected chi connectivity index (χ4v) is 7.11. The smallest absolute Gasteiger partial charge is 0.00849 e. The van der Waals surface area contributed by atoms with Crippen LogP contribution in [0.15, 0.2) is 23.8 Å². The van der Waals surface area contributed by atoms with Gasteiger partial charge < -0.3 is 0 Å². The topological polar surface area (TPSA) is 0 Å². The van der Waals surface area contributed by atoms with Gasteiger partial charge in [0.1, 0.15) is 0 Å². The van der Waals surface area contributed by atoms with E-state index in [-0.39, 0.29) is 0 Å². The fraction of sp³-hybridized carbons (Fsp3) is 0.818. The maximum absolute atomic E-state index is 4.47. The molecule has 7 atom stereocenters. The van der Waals surface area contributed by atoms with E-state index in [1.54, 1.807) is 5.57 Å². The third-order valence-corrected chi connectivity index (χ3v) is 8.64. The normalized spacial score (nSPS) is 54.3. The van der Waals surface area contributed by atoms with E-state index < -0.39 is 0 Å². The summed E-state index contributed by atoms with van der Waals surface area (Å²) in [5, 5.41) is 0. The molecule has 0 nitrogen and oxygen atoms in total. The molecule has 0 N–H and O–H groups in total. The first-order valence-electron chi connectivity index (χ1n) is 9.75. The molecule has 22 heavy (non-hydrogen) atoms. The Labute approximate surface area is 137 Å². The summed E-state index contributed by atoms with van der Waals surface area (Å²) in [5.41, 5.74) is 4.38. The molecule has 0 spiro atoms. The summed E-state index contributed by atoms with van der Waals surface area (Å²) in [4.78, 5) is 0. The summed E-state index contributed by atoms with van der Waals surface area (Å²) in [6.07, 6.45) is 12.5. The van der Waals surface area contributed by atoms with E-state index in [9.17, 15) is 0 Å². The average Bonchev–Trinajstić information content (AvgIpc) is 2.77. The van der Waals surface area contributed by atoms with Crippen LogP contribution in [0, 0.1) is 40.4 Å². The molecule has 0 aliphatic heterocycles. The highest BCUT2D eigenvalue weighted by Gasteiger charge is 2.58. The van der Waals surface area contributed by atoms with Crippen molar-refractivity contribution < 1.29 is 0 Å². The molecule has 3 fully saturated rings. The molecule has 0 aromatic heterocycles. The van der Waals surface area contributed by atoms with Gasteiger partial charge in [-0.1, -0.05) is 51.5 Å². The zero-order valence-electron chi connectivity index (χ0n) is 15.1. The molecule has 0 heterocycles. The molecule has 3 unspecified atom stereocenters. The number of allylic oxidation sites excluding steroid dienone is 3. The zero-order chi connectivity index (χ0) is 15.7. The van der Waals surface area contributed by atoms with Gasteiger partial charge in [0.15, 0.2) is 0 Å². The van der Waals surface area contributed by atoms with E-state index >= 15 is 0 Å². The molecule has 0 radical (unpaired) electrons. The third-order valence-electron chi connectivity index (χ3n) is 8.64. The van der Waals surface area contributed by atoms with E-state index in [1.807, 2.05) is 5.57 Å². The Bertz CT molecular complexity index is 526. The van der Waals surface area contributed by atoms with E-state index in [0.717, 1.165) is 29.6 Å². The second kappa shape index (κ2) is 4.74. The molecule has 0 aromatic carbocycles. The van der Waals surface area contributed by atoms with Crippen molar-refractivity contribution in [1.82, 2.24) is 0 Å². The van der Waals surface area contributed by atoms with Crippen LogP contribution >= 0.6 is 0 Å². The Morgan fingerprint density at radius 2 is 1.68 bits per heavy atom. The summed E-state index contributed by atoms with van der Waals surface area (Å²) < 4.78 is 0. The number of hydrogen-bond acceptors (Lipinski definition) is 0. The summed E-state index contributed by atoms with van der Waals surface area (Å²) in [6.45, 7) is 14.6. The van der Waals surface area contributed by atoms with Gasteiger partial charge in [-0.25, -0.2) is 0 Å². The first-order chi connectivity index (χ1) is 10.4. The molecular formula is C22H34. The van der Waals surface area contributed by atoms with Gasteiger partial charge in [-0.15, -0.1) is 0 Å². The second-order valence-electron chi connectivity index (χ2n) is 9.71. The lowest BCUT2D eigenvalue weighted by atomic mass is 9.45. The molecule has 4 aliphatic rings. The van der Waals surface area contributed by atoms with Gasteiger partial charge in [0.2, 0.25) is 0 Å². The Kier molecular flexibility index (Phi) is 3.24. The van der Waals surface area contributed by atoms with Crippen LogP contribution in [0.25, 0.3) is 0 Å². The molecule has 4 rings (SSSR count). The minimum Gasteiger partial charge on any atom is -0.0993 e. The Morgan fingerprint density at radius 3 is 2.45 bits per heavy atom. The highest BCUT2D eigenvalue weighted by molar-refractivity contribution is 5.29. The molecule has 0 bridgehead atoms. The maximum Gasteiger partial charge on any atom is -0.00849 e. The predicted molar refractivity (Wildman–Crippen MR) is 94.6 cm³/mol. The molecule has 4 aliphatic carbocycles. The second-order valence-corrected chi connectivity index (χ2v) is 9.71. The first-order valence-corrected chi connectivity index (χ1v) is 9.75. The quantitative estimate of drug-likeness (QED) is 0.455. The summed E-state index contributed by atoms with van der Waals surface area (Å²) in [5.74, 6) is 4.46. The molecular weight excluding hydrogens is 264 g/mol. The van der Waals surface area contributed by atoms with Crippen molar-refractivity contribution in [2.75, 3.05) is 0 Å². The first kappa shape index (κ1) is 15.0. The maximum atomic E-state index is 4.47. The van der Waals surface area contributed by atoms with Crippen LogP contribution in [0.1, 0.15) is 72.6 Å². The Hall–Kier alpha value is -0.520. The van der Waals surface area contributed by atoms with E-state index in [0.29, 0.717) is 10.8 Å². The number of rotatable bonds is 0. The average molecular weight is 299 g/mol. The van der Waals surface area contributed by atoms with Crippen LogP contribution in [0.4, 0.5) is 0 Å². The number of hydrogen-bond donors (Lipinski definition) is 0. The minimum absolute atomic E-state index is 0.457. The van der Waals surface area contributed by atoms with Gasteiger partial charge in [0, 0.05) is 0 Å². The minimum atomic E-state index is 0.457. The molecule has 122 valence electrons. The van der Waals surface area contributed by atoms with Crippen LogP contribution in [0.2, 0.25) is 0 Å². The predicted octanol–water partition coefficient (Wildman–Crippen LogP) is 6.39. The number of fused-ring (bicyclic) bond motifs is 5. The van der Waals surface area contributed by atoms with Gasteiger partial charge in [-0.2, -0.15) is 0 Å². The highest BCUT2D eigenvalue weighted by atomic mass is 14.6. The van der Waals surface area contributed by atoms with Crippen molar-refractivity contribution in [3.05, 3.63) is 23.8 Å². The van der Waals surface area contributed by atoms with Gasteiger partial charge in [-0.3, -0.25) is 0 Å². The molecule has 0 saturated heterocycles. The SMILES string of the molecule is C=C1CCC2C3C(CC[C@]12C)[C@@]1(C)CC[C@H](C)CC1=C[C@@H]3C. The van der Waals surface area contributed by atoms with E-state index in [2.05, 4.69) is 40.3 Å². The van der Waals surface area contributed by atoms with Crippen molar-refractivity contribution >= 4 is 0 Å². The molecule has 0 heteroatoms. The molecule has 3 saturated carbocycles. The highest BCUT2D eigenvalue weighted by Crippen LogP contribution is 2.67. The monoisotopic (exact) mass is 298 g/mol. The van der Waals surface area contributed by atoms with Crippen molar-refractivity contribution in [3.8, 4) is 0 Å². The van der Waals surface area contributed by atoms with Crippen LogP contribution < -0.4 is 0 Å². The lowest BCUT2D eigenvalue weighted by Gasteiger charge is -2.59. The van der Waals surface area contributed by atoms with Crippen molar-refractivity contribution in [2.24, 2.45) is 40.4 Å². The van der Waals surface area contributed by atoms with Crippen molar-refractivity contribution in [2.45, 2.75) is 72.6 Å². The summed E-state index contributed by atoms with van der Waals surface area (Å²) in [7, 11) is 0. The summed E-state index contributed by atoms with van der Waals surface area (Å²) >= 11 is 0.